The Morgan fingerprint density at radius 3 is 2.62 bits per heavy atom. The van der Waals surface area contributed by atoms with Gasteiger partial charge in [-0.25, -0.2) is 4.39 Å². The molecule has 0 radical (unpaired) electrons. The number of aryl methyl sites for hydroxylation is 1. The summed E-state index contributed by atoms with van der Waals surface area (Å²) >= 11 is 0. The van der Waals surface area contributed by atoms with Crippen LogP contribution in [0.1, 0.15) is 17.2 Å². The minimum atomic E-state index is -0.620. The third kappa shape index (κ3) is 2.95. The highest BCUT2D eigenvalue weighted by molar-refractivity contribution is 5.85. The van der Waals surface area contributed by atoms with Gasteiger partial charge in [0, 0.05) is 5.56 Å². The SMILES string of the molecule is Cc1ccc([C@H](N)CO)c(F)c1.Cl. The average Bonchev–Trinajstić information content (AvgIpc) is 2.03. The summed E-state index contributed by atoms with van der Waals surface area (Å²) in [6.45, 7) is 1.57. The number of halogens is 2. The highest BCUT2D eigenvalue weighted by Crippen LogP contribution is 2.15. The summed E-state index contributed by atoms with van der Waals surface area (Å²) in [5.41, 5.74) is 6.67. The Hall–Kier alpha value is -0.640. The third-order valence-corrected chi connectivity index (χ3v) is 1.75. The lowest BCUT2D eigenvalue weighted by Crippen LogP contribution is -2.16. The summed E-state index contributed by atoms with van der Waals surface area (Å²) in [4.78, 5) is 0. The summed E-state index contributed by atoms with van der Waals surface area (Å²) in [5, 5.41) is 8.69. The molecule has 1 atom stereocenters. The molecule has 0 aromatic heterocycles. The maximum absolute atomic E-state index is 13.1. The van der Waals surface area contributed by atoms with E-state index < -0.39 is 6.04 Å². The van der Waals surface area contributed by atoms with Crippen LogP contribution in [0.4, 0.5) is 4.39 Å². The molecule has 74 valence electrons. The van der Waals surface area contributed by atoms with Gasteiger partial charge >= 0.3 is 0 Å². The van der Waals surface area contributed by atoms with Gasteiger partial charge in [-0.2, -0.15) is 0 Å². The van der Waals surface area contributed by atoms with Gasteiger partial charge in [0.2, 0.25) is 0 Å². The van der Waals surface area contributed by atoms with Crippen molar-refractivity contribution in [3.05, 3.63) is 35.1 Å². The number of hydrogen-bond acceptors (Lipinski definition) is 2. The van der Waals surface area contributed by atoms with Crippen LogP contribution in [-0.4, -0.2) is 11.7 Å². The zero-order valence-corrected chi connectivity index (χ0v) is 8.14. The molecule has 4 heteroatoms. The van der Waals surface area contributed by atoms with E-state index in [4.69, 9.17) is 10.8 Å². The largest absolute Gasteiger partial charge is 0.394 e. The van der Waals surface area contributed by atoms with Crippen LogP contribution in [-0.2, 0) is 0 Å². The molecule has 1 aromatic carbocycles. The number of hydrogen-bond donors (Lipinski definition) is 2. The van der Waals surface area contributed by atoms with E-state index in [-0.39, 0.29) is 24.8 Å². The van der Waals surface area contributed by atoms with E-state index in [2.05, 4.69) is 0 Å². The summed E-state index contributed by atoms with van der Waals surface area (Å²) in [6.07, 6.45) is 0. The molecule has 0 bridgehead atoms. The van der Waals surface area contributed by atoms with Crippen molar-refractivity contribution in [2.45, 2.75) is 13.0 Å². The van der Waals surface area contributed by atoms with Crippen LogP contribution in [0.15, 0.2) is 18.2 Å². The van der Waals surface area contributed by atoms with E-state index in [1.165, 1.54) is 6.07 Å². The fraction of sp³-hybridized carbons (Fsp3) is 0.333. The van der Waals surface area contributed by atoms with Gasteiger partial charge in [0.05, 0.1) is 12.6 Å². The van der Waals surface area contributed by atoms with Gasteiger partial charge < -0.3 is 10.8 Å². The molecule has 0 saturated heterocycles. The molecule has 0 heterocycles. The predicted molar refractivity (Wildman–Crippen MR) is 52.4 cm³/mol. The second-order valence-corrected chi connectivity index (χ2v) is 2.81. The molecule has 13 heavy (non-hydrogen) atoms. The Kier molecular flexibility index (Phi) is 4.91. The zero-order chi connectivity index (χ0) is 9.14. The predicted octanol–water partition coefficient (Wildman–Crippen LogP) is 1.55. The lowest BCUT2D eigenvalue weighted by Gasteiger charge is -2.09. The molecule has 0 saturated carbocycles. The normalized spacial score (nSPS) is 12.0. The molecule has 0 amide bonds. The van der Waals surface area contributed by atoms with Gasteiger partial charge in [0.25, 0.3) is 0 Å². The fourth-order valence-corrected chi connectivity index (χ4v) is 1.03. The molecule has 2 nitrogen and oxygen atoms in total. The molecule has 0 spiro atoms. The lowest BCUT2D eigenvalue weighted by molar-refractivity contribution is 0.265. The quantitative estimate of drug-likeness (QED) is 0.770. The van der Waals surface area contributed by atoms with Gasteiger partial charge in [-0.15, -0.1) is 12.4 Å². The molecule has 0 aliphatic rings. The van der Waals surface area contributed by atoms with Crippen LogP contribution in [0.25, 0.3) is 0 Å². The van der Waals surface area contributed by atoms with Gasteiger partial charge in [0.15, 0.2) is 0 Å². The topological polar surface area (TPSA) is 46.2 Å². The van der Waals surface area contributed by atoms with E-state index in [0.717, 1.165) is 5.56 Å². The first-order valence-corrected chi connectivity index (χ1v) is 3.77. The Morgan fingerprint density at radius 2 is 2.15 bits per heavy atom. The first-order chi connectivity index (χ1) is 5.65. The molecule has 3 N–H and O–H groups in total. The van der Waals surface area contributed by atoms with Crippen molar-refractivity contribution in [2.24, 2.45) is 5.73 Å². The Balaban J connectivity index is 0.00000144. The number of benzene rings is 1. The molecular weight excluding hydrogens is 193 g/mol. The molecule has 0 unspecified atom stereocenters. The Labute approximate surface area is 83.0 Å². The minimum absolute atomic E-state index is 0. The van der Waals surface area contributed by atoms with E-state index in [0.29, 0.717) is 5.56 Å². The second-order valence-electron chi connectivity index (χ2n) is 2.81. The summed E-state index contributed by atoms with van der Waals surface area (Å²) in [6, 6.07) is 4.16. The maximum atomic E-state index is 13.1. The minimum Gasteiger partial charge on any atom is -0.394 e. The van der Waals surface area contributed by atoms with Crippen molar-refractivity contribution >= 4 is 12.4 Å². The van der Waals surface area contributed by atoms with E-state index in [9.17, 15) is 4.39 Å². The van der Waals surface area contributed by atoms with Crippen LogP contribution in [0.3, 0.4) is 0 Å². The zero-order valence-electron chi connectivity index (χ0n) is 7.33. The Bertz CT molecular complexity index is 280. The van der Waals surface area contributed by atoms with Crippen molar-refractivity contribution in [3.63, 3.8) is 0 Å². The van der Waals surface area contributed by atoms with Crippen molar-refractivity contribution in [1.82, 2.24) is 0 Å². The highest BCUT2D eigenvalue weighted by Gasteiger charge is 2.09. The second kappa shape index (κ2) is 5.17. The fourth-order valence-electron chi connectivity index (χ4n) is 1.03. The third-order valence-electron chi connectivity index (χ3n) is 1.75. The molecular formula is C9H13ClFNO. The molecule has 0 aliphatic heterocycles. The van der Waals surface area contributed by atoms with E-state index in [1.807, 2.05) is 0 Å². The standard InChI is InChI=1S/C9H12FNO.ClH/c1-6-2-3-7(8(10)4-6)9(11)5-12;/h2-4,9,12H,5,11H2,1H3;1H/t9-;/m1./s1. The maximum Gasteiger partial charge on any atom is 0.128 e. The smallest absolute Gasteiger partial charge is 0.128 e. The summed E-state index contributed by atoms with van der Waals surface area (Å²) in [7, 11) is 0. The Morgan fingerprint density at radius 1 is 1.54 bits per heavy atom. The molecule has 1 aromatic rings. The van der Waals surface area contributed by atoms with Gasteiger partial charge in [-0.3, -0.25) is 0 Å². The van der Waals surface area contributed by atoms with Crippen LogP contribution in [0, 0.1) is 12.7 Å². The average molecular weight is 206 g/mol. The van der Waals surface area contributed by atoms with Crippen LogP contribution < -0.4 is 5.73 Å². The number of nitrogens with two attached hydrogens (primary N) is 1. The summed E-state index contributed by atoms with van der Waals surface area (Å²) < 4.78 is 13.1. The van der Waals surface area contributed by atoms with Crippen molar-refractivity contribution in [3.8, 4) is 0 Å². The van der Waals surface area contributed by atoms with Gasteiger partial charge in [-0.05, 0) is 18.6 Å². The molecule has 1 rings (SSSR count). The van der Waals surface area contributed by atoms with Crippen molar-refractivity contribution in [1.29, 1.82) is 0 Å². The first-order valence-electron chi connectivity index (χ1n) is 3.77. The first kappa shape index (κ1) is 12.4. The number of aliphatic hydroxyl groups excluding tert-OH is 1. The van der Waals surface area contributed by atoms with E-state index in [1.54, 1.807) is 19.1 Å². The van der Waals surface area contributed by atoms with Gasteiger partial charge in [0.1, 0.15) is 5.82 Å². The van der Waals surface area contributed by atoms with Crippen LogP contribution >= 0.6 is 12.4 Å². The lowest BCUT2D eigenvalue weighted by atomic mass is 10.1. The van der Waals surface area contributed by atoms with Crippen molar-refractivity contribution in [2.75, 3.05) is 6.61 Å². The summed E-state index contributed by atoms with van der Waals surface area (Å²) in [5.74, 6) is -0.350. The number of rotatable bonds is 2. The molecule has 0 fully saturated rings. The van der Waals surface area contributed by atoms with Crippen molar-refractivity contribution < 1.29 is 9.50 Å². The van der Waals surface area contributed by atoms with Gasteiger partial charge in [-0.1, -0.05) is 12.1 Å². The monoisotopic (exact) mass is 205 g/mol. The van der Waals surface area contributed by atoms with Crippen LogP contribution in [0.5, 0.6) is 0 Å². The van der Waals surface area contributed by atoms with Crippen LogP contribution in [0.2, 0.25) is 0 Å². The van der Waals surface area contributed by atoms with E-state index >= 15 is 0 Å². The highest BCUT2D eigenvalue weighted by atomic mass is 35.5. The molecule has 0 aliphatic carbocycles. The number of aliphatic hydroxyl groups is 1.